The maximum atomic E-state index is 12.5. The Morgan fingerprint density at radius 2 is 1.67 bits per heavy atom. The van der Waals surface area contributed by atoms with E-state index in [-0.39, 0.29) is 54.4 Å². The van der Waals surface area contributed by atoms with Crippen LogP contribution in [0.1, 0.15) is 26.7 Å². The highest BCUT2D eigenvalue weighted by molar-refractivity contribution is 6.06. The molecule has 1 heterocycles. The number of amides is 3. The summed E-state index contributed by atoms with van der Waals surface area (Å²) in [5.74, 6) is 0.0501. The molecule has 5 heteroatoms. The lowest BCUT2D eigenvalue weighted by Crippen LogP contribution is -2.38. The summed E-state index contributed by atoms with van der Waals surface area (Å²) in [4.78, 5) is 40.0. The van der Waals surface area contributed by atoms with Gasteiger partial charge in [0, 0.05) is 26.1 Å². The largest absolute Gasteiger partial charge is 0.343 e. The second-order valence-electron chi connectivity index (χ2n) is 6.14. The van der Waals surface area contributed by atoms with Crippen molar-refractivity contribution in [2.45, 2.75) is 26.7 Å². The zero-order chi connectivity index (χ0) is 15.1. The molecule has 0 spiro atoms. The molecule has 4 atom stereocenters. The number of allylic oxidation sites excluding steroid dienone is 2. The van der Waals surface area contributed by atoms with Gasteiger partial charge in [0.1, 0.15) is 0 Å². The number of fused-ring (bicyclic) bond motifs is 5. The molecule has 1 aliphatic heterocycles. The number of nitrogens with zero attached hydrogens (tertiary/aromatic N) is 2. The fourth-order valence-electron chi connectivity index (χ4n) is 4.13. The first-order chi connectivity index (χ1) is 10.1. The van der Waals surface area contributed by atoms with E-state index in [1.165, 1.54) is 4.90 Å². The summed E-state index contributed by atoms with van der Waals surface area (Å²) in [6.45, 7) is 5.43. The smallest absolute Gasteiger partial charge is 0.233 e. The van der Waals surface area contributed by atoms with Crippen LogP contribution in [0.5, 0.6) is 0 Å². The fraction of sp³-hybridized carbons (Fsp3) is 0.688. The van der Waals surface area contributed by atoms with E-state index in [1.807, 2.05) is 13.8 Å². The normalized spacial score (nSPS) is 33.0. The molecule has 21 heavy (non-hydrogen) atoms. The Morgan fingerprint density at radius 3 is 2.14 bits per heavy atom. The van der Waals surface area contributed by atoms with Crippen LogP contribution >= 0.6 is 0 Å². The zero-order valence-electron chi connectivity index (χ0n) is 12.6. The summed E-state index contributed by atoms with van der Waals surface area (Å²) in [6.07, 6.45) is 5.35. The number of imide groups is 1. The molecular formula is C16H22N2O3. The number of likely N-dealkylation sites (tertiary alicyclic amines) is 1. The van der Waals surface area contributed by atoms with E-state index in [9.17, 15) is 14.4 Å². The van der Waals surface area contributed by atoms with Gasteiger partial charge in [-0.1, -0.05) is 12.2 Å². The minimum atomic E-state index is -0.156. The third-order valence-corrected chi connectivity index (χ3v) is 5.23. The summed E-state index contributed by atoms with van der Waals surface area (Å²) in [7, 11) is 0. The highest BCUT2D eigenvalue weighted by atomic mass is 16.2. The molecule has 0 N–H and O–H groups in total. The van der Waals surface area contributed by atoms with E-state index in [4.69, 9.17) is 0 Å². The van der Waals surface area contributed by atoms with Gasteiger partial charge < -0.3 is 4.90 Å². The van der Waals surface area contributed by atoms with E-state index < -0.39 is 0 Å². The van der Waals surface area contributed by atoms with Crippen molar-refractivity contribution >= 4 is 17.7 Å². The number of hydrogen-bond donors (Lipinski definition) is 0. The average molecular weight is 290 g/mol. The highest BCUT2D eigenvalue weighted by Gasteiger charge is 2.59. The average Bonchev–Trinajstić information content (AvgIpc) is 3.13. The topological polar surface area (TPSA) is 57.7 Å². The van der Waals surface area contributed by atoms with Gasteiger partial charge in [0.25, 0.3) is 0 Å². The fourth-order valence-corrected chi connectivity index (χ4v) is 4.13. The summed E-state index contributed by atoms with van der Waals surface area (Å²) in [5.41, 5.74) is 0. The molecule has 3 rings (SSSR count). The molecule has 114 valence electrons. The molecule has 2 aliphatic carbocycles. The molecule has 1 saturated carbocycles. The van der Waals surface area contributed by atoms with Crippen LogP contribution in [0.2, 0.25) is 0 Å². The Balaban J connectivity index is 1.64. The van der Waals surface area contributed by atoms with E-state index in [0.29, 0.717) is 13.1 Å². The van der Waals surface area contributed by atoms with Crippen molar-refractivity contribution in [1.29, 1.82) is 0 Å². The van der Waals surface area contributed by atoms with Crippen LogP contribution in [-0.2, 0) is 14.4 Å². The molecule has 3 amide bonds. The molecule has 1 saturated heterocycles. The SMILES string of the molecule is CCN(CC)C(=O)CCN1C(=O)[C@@H]2[C@H](C1=O)[C@H]1C=C[C@H]2C1. The summed E-state index contributed by atoms with van der Waals surface area (Å²) in [5, 5.41) is 0. The van der Waals surface area contributed by atoms with Crippen LogP contribution in [-0.4, -0.2) is 47.2 Å². The maximum Gasteiger partial charge on any atom is 0.233 e. The van der Waals surface area contributed by atoms with Crippen molar-refractivity contribution in [3.05, 3.63) is 12.2 Å². The van der Waals surface area contributed by atoms with Gasteiger partial charge in [-0.15, -0.1) is 0 Å². The summed E-state index contributed by atoms with van der Waals surface area (Å²) >= 11 is 0. The molecule has 0 unspecified atom stereocenters. The monoisotopic (exact) mass is 290 g/mol. The second kappa shape index (κ2) is 5.28. The molecule has 0 aromatic carbocycles. The second-order valence-corrected chi connectivity index (χ2v) is 6.14. The van der Waals surface area contributed by atoms with Crippen LogP contribution in [0.4, 0.5) is 0 Å². The summed E-state index contributed by atoms with van der Waals surface area (Å²) in [6, 6.07) is 0. The van der Waals surface area contributed by atoms with E-state index in [2.05, 4.69) is 12.2 Å². The van der Waals surface area contributed by atoms with Gasteiger partial charge in [-0.05, 0) is 32.1 Å². The lowest BCUT2D eigenvalue weighted by molar-refractivity contribution is -0.141. The van der Waals surface area contributed by atoms with Gasteiger partial charge in [0.2, 0.25) is 17.7 Å². The first-order valence-corrected chi connectivity index (χ1v) is 7.89. The first kappa shape index (κ1) is 14.3. The Hall–Kier alpha value is -1.65. The van der Waals surface area contributed by atoms with Crippen molar-refractivity contribution in [2.24, 2.45) is 23.7 Å². The molecule has 0 aromatic rings. The predicted octanol–water partition coefficient (Wildman–Crippen LogP) is 1.05. The third kappa shape index (κ3) is 2.10. The maximum absolute atomic E-state index is 12.5. The van der Waals surface area contributed by atoms with Crippen LogP contribution in [0.3, 0.4) is 0 Å². The zero-order valence-corrected chi connectivity index (χ0v) is 12.6. The van der Waals surface area contributed by atoms with Gasteiger partial charge in [0.05, 0.1) is 11.8 Å². The van der Waals surface area contributed by atoms with Gasteiger partial charge in [-0.2, -0.15) is 0 Å². The minimum absolute atomic E-state index is 0.0127. The van der Waals surface area contributed by atoms with Crippen molar-refractivity contribution < 1.29 is 14.4 Å². The number of carbonyl (C=O) groups excluding carboxylic acids is 3. The predicted molar refractivity (Wildman–Crippen MR) is 77.0 cm³/mol. The number of hydrogen-bond acceptors (Lipinski definition) is 3. The van der Waals surface area contributed by atoms with Crippen LogP contribution in [0, 0.1) is 23.7 Å². The minimum Gasteiger partial charge on any atom is -0.343 e. The lowest BCUT2D eigenvalue weighted by atomic mass is 9.85. The molecule has 2 bridgehead atoms. The molecule has 2 fully saturated rings. The van der Waals surface area contributed by atoms with Gasteiger partial charge in [-0.3, -0.25) is 19.3 Å². The number of rotatable bonds is 5. The van der Waals surface area contributed by atoms with Gasteiger partial charge in [0.15, 0.2) is 0 Å². The van der Waals surface area contributed by atoms with Crippen molar-refractivity contribution in [3.8, 4) is 0 Å². The number of carbonyl (C=O) groups is 3. The van der Waals surface area contributed by atoms with E-state index in [0.717, 1.165) is 6.42 Å². The molecule has 3 aliphatic rings. The van der Waals surface area contributed by atoms with Crippen LogP contribution in [0.25, 0.3) is 0 Å². The molecule has 0 aromatic heterocycles. The lowest BCUT2D eigenvalue weighted by Gasteiger charge is -2.21. The van der Waals surface area contributed by atoms with Gasteiger partial charge in [-0.25, -0.2) is 0 Å². The summed E-state index contributed by atoms with van der Waals surface area (Å²) < 4.78 is 0. The standard InChI is InChI=1S/C16H22N2O3/c1-3-17(4-2)12(19)7-8-18-15(20)13-10-5-6-11(9-10)14(13)16(18)21/h5-6,10-11,13-14H,3-4,7-9H2,1-2H3/t10-,11-,13-,14+/m0/s1. The van der Waals surface area contributed by atoms with Crippen LogP contribution in [0.15, 0.2) is 12.2 Å². The Bertz CT molecular complexity index is 480. The molecule has 5 nitrogen and oxygen atoms in total. The highest BCUT2D eigenvalue weighted by Crippen LogP contribution is 2.52. The Morgan fingerprint density at radius 1 is 1.14 bits per heavy atom. The Kier molecular flexibility index (Phi) is 3.59. The van der Waals surface area contributed by atoms with E-state index in [1.54, 1.807) is 4.90 Å². The van der Waals surface area contributed by atoms with Gasteiger partial charge >= 0.3 is 0 Å². The molecule has 0 radical (unpaired) electrons. The first-order valence-electron chi connectivity index (χ1n) is 7.89. The van der Waals surface area contributed by atoms with Crippen molar-refractivity contribution in [3.63, 3.8) is 0 Å². The Labute approximate surface area is 125 Å². The third-order valence-electron chi connectivity index (χ3n) is 5.23. The van der Waals surface area contributed by atoms with Crippen molar-refractivity contribution in [2.75, 3.05) is 19.6 Å². The van der Waals surface area contributed by atoms with Crippen molar-refractivity contribution in [1.82, 2.24) is 9.80 Å². The molecular weight excluding hydrogens is 268 g/mol. The van der Waals surface area contributed by atoms with Crippen LogP contribution < -0.4 is 0 Å². The quantitative estimate of drug-likeness (QED) is 0.562. The van der Waals surface area contributed by atoms with E-state index >= 15 is 0 Å².